The molecule has 0 radical (unpaired) electrons. The molecule has 0 aromatic carbocycles. The SMILES string of the molecule is O=C1OCCC1C(O)CC1CC2C=CC1C2. The Bertz CT molecular complexity index is 323. The van der Waals surface area contributed by atoms with Gasteiger partial charge in [0, 0.05) is 0 Å². The Morgan fingerprint density at radius 3 is 2.88 bits per heavy atom. The number of fused-ring (bicyclic) bond motifs is 2. The van der Waals surface area contributed by atoms with Gasteiger partial charge in [-0.3, -0.25) is 4.79 Å². The van der Waals surface area contributed by atoms with E-state index in [0.717, 1.165) is 12.3 Å². The van der Waals surface area contributed by atoms with Crippen molar-refractivity contribution in [2.75, 3.05) is 6.61 Å². The highest BCUT2D eigenvalue weighted by atomic mass is 16.5. The van der Waals surface area contributed by atoms with E-state index in [9.17, 15) is 9.90 Å². The minimum Gasteiger partial charge on any atom is -0.465 e. The van der Waals surface area contributed by atoms with Gasteiger partial charge >= 0.3 is 5.97 Å². The van der Waals surface area contributed by atoms with Gasteiger partial charge in [0.05, 0.1) is 18.6 Å². The Balaban J connectivity index is 1.58. The number of cyclic esters (lactones) is 1. The third-order valence-corrected chi connectivity index (χ3v) is 4.40. The molecule has 1 saturated heterocycles. The Hall–Kier alpha value is -0.830. The largest absolute Gasteiger partial charge is 0.465 e. The second kappa shape index (κ2) is 3.88. The van der Waals surface area contributed by atoms with E-state index in [1.165, 1.54) is 12.8 Å². The van der Waals surface area contributed by atoms with Crippen LogP contribution in [0.5, 0.6) is 0 Å². The number of aliphatic hydroxyl groups is 1. The van der Waals surface area contributed by atoms with Gasteiger partial charge in [-0.2, -0.15) is 0 Å². The highest BCUT2D eigenvalue weighted by molar-refractivity contribution is 5.74. The first-order valence-corrected chi connectivity index (χ1v) is 6.27. The van der Waals surface area contributed by atoms with Gasteiger partial charge in [0.2, 0.25) is 0 Å². The fraction of sp³-hybridized carbons (Fsp3) is 0.769. The number of hydrogen-bond donors (Lipinski definition) is 1. The molecule has 0 spiro atoms. The molecule has 2 aliphatic carbocycles. The summed E-state index contributed by atoms with van der Waals surface area (Å²) in [6, 6.07) is 0. The summed E-state index contributed by atoms with van der Waals surface area (Å²) in [6.45, 7) is 0.483. The maximum Gasteiger partial charge on any atom is 0.311 e. The molecule has 0 amide bonds. The highest BCUT2D eigenvalue weighted by Gasteiger charge is 2.40. The lowest BCUT2D eigenvalue weighted by Crippen LogP contribution is -2.28. The Labute approximate surface area is 95.5 Å². The standard InChI is InChI=1S/C13H18O3/c14-12(11-3-4-16-13(11)15)7-10-6-8-1-2-9(10)5-8/h1-2,8-12,14H,3-7H2. The quantitative estimate of drug-likeness (QED) is 0.581. The summed E-state index contributed by atoms with van der Waals surface area (Å²) in [7, 11) is 0. The van der Waals surface area contributed by atoms with Crippen LogP contribution in [0, 0.1) is 23.7 Å². The minimum absolute atomic E-state index is 0.203. The van der Waals surface area contributed by atoms with Gasteiger partial charge in [0.15, 0.2) is 0 Å². The van der Waals surface area contributed by atoms with Crippen molar-refractivity contribution in [1.82, 2.24) is 0 Å². The molecule has 3 aliphatic rings. The van der Waals surface area contributed by atoms with Crippen LogP contribution in [-0.2, 0) is 9.53 Å². The predicted octanol–water partition coefficient (Wildman–Crippen LogP) is 1.51. The van der Waals surface area contributed by atoms with E-state index in [-0.39, 0.29) is 11.9 Å². The van der Waals surface area contributed by atoms with E-state index in [1.54, 1.807) is 0 Å². The molecule has 5 unspecified atom stereocenters. The monoisotopic (exact) mass is 222 g/mol. The van der Waals surface area contributed by atoms with Gasteiger partial charge < -0.3 is 9.84 Å². The molecular formula is C13H18O3. The first kappa shape index (κ1) is 10.3. The van der Waals surface area contributed by atoms with Crippen molar-refractivity contribution < 1.29 is 14.6 Å². The van der Waals surface area contributed by atoms with Crippen LogP contribution in [0.1, 0.15) is 25.7 Å². The molecule has 1 N–H and O–H groups in total. The van der Waals surface area contributed by atoms with Crippen LogP contribution in [0.15, 0.2) is 12.2 Å². The zero-order chi connectivity index (χ0) is 11.1. The Kier molecular flexibility index (Phi) is 2.51. The molecule has 2 bridgehead atoms. The Morgan fingerprint density at radius 2 is 2.31 bits per heavy atom. The number of rotatable bonds is 3. The van der Waals surface area contributed by atoms with Gasteiger partial charge in [-0.15, -0.1) is 0 Å². The average Bonchev–Trinajstić information content (AvgIpc) is 2.92. The van der Waals surface area contributed by atoms with Crippen molar-refractivity contribution in [3.8, 4) is 0 Å². The molecule has 2 fully saturated rings. The molecule has 3 nitrogen and oxygen atoms in total. The number of ether oxygens (including phenoxy) is 1. The molecule has 0 aromatic rings. The van der Waals surface area contributed by atoms with Gasteiger partial charge in [-0.1, -0.05) is 12.2 Å². The lowest BCUT2D eigenvalue weighted by Gasteiger charge is -2.23. The molecule has 1 heterocycles. The highest BCUT2D eigenvalue weighted by Crippen LogP contribution is 2.46. The van der Waals surface area contributed by atoms with Crippen LogP contribution in [0.3, 0.4) is 0 Å². The van der Waals surface area contributed by atoms with E-state index in [0.29, 0.717) is 24.9 Å². The van der Waals surface area contributed by atoms with E-state index in [4.69, 9.17) is 4.74 Å². The molecule has 0 aromatic heterocycles. The normalized spacial score (nSPS) is 42.7. The number of carbonyl (C=O) groups is 1. The summed E-state index contributed by atoms with van der Waals surface area (Å²) in [5, 5.41) is 10.1. The smallest absolute Gasteiger partial charge is 0.311 e. The summed E-state index contributed by atoms with van der Waals surface area (Å²) in [6.07, 6.45) is 8.01. The zero-order valence-electron chi connectivity index (χ0n) is 9.34. The summed E-state index contributed by atoms with van der Waals surface area (Å²) >= 11 is 0. The summed E-state index contributed by atoms with van der Waals surface area (Å²) in [5.41, 5.74) is 0. The number of carbonyl (C=O) groups excluding carboxylic acids is 1. The third-order valence-electron chi connectivity index (χ3n) is 4.40. The van der Waals surface area contributed by atoms with Crippen LogP contribution < -0.4 is 0 Å². The van der Waals surface area contributed by atoms with Crippen molar-refractivity contribution in [2.45, 2.75) is 31.8 Å². The van der Waals surface area contributed by atoms with Gasteiger partial charge in [0.1, 0.15) is 0 Å². The van der Waals surface area contributed by atoms with Gasteiger partial charge in [-0.25, -0.2) is 0 Å². The second-order valence-corrected chi connectivity index (χ2v) is 5.41. The molecule has 88 valence electrons. The zero-order valence-corrected chi connectivity index (χ0v) is 9.34. The van der Waals surface area contributed by atoms with Crippen molar-refractivity contribution >= 4 is 5.97 Å². The van der Waals surface area contributed by atoms with Crippen molar-refractivity contribution in [3.05, 3.63) is 12.2 Å². The third kappa shape index (κ3) is 1.67. The maximum atomic E-state index is 11.4. The minimum atomic E-state index is -0.493. The number of aliphatic hydroxyl groups excluding tert-OH is 1. The molecule has 3 heteroatoms. The summed E-state index contributed by atoms with van der Waals surface area (Å²) in [5.74, 6) is 1.50. The van der Waals surface area contributed by atoms with Crippen LogP contribution in [0.4, 0.5) is 0 Å². The van der Waals surface area contributed by atoms with E-state index < -0.39 is 6.10 Å². The van der Waals surface area contributed by atoms with Crippen molar-refractivity contribution in [2.24, 2.45) is 23.7 Å². The molecule has 5 atom stereocenters. The van der Waals surface area contributed by atoms with E-state index >= 15 is 0 Å². The fourth-order valence-electron chi connectivity index (χ4n) is 3.50. The maximum absolute atomic E-state index is 11.4. The van der Waals surface area contributed by atoms with Crippen LogP contribution >= 0.6 is 0 Å². The number of allylic oxidation sites excluding steroid dienone is 2. The van der Waals surface area contributed by atoms with Crippen LogP contribution in [0.2, 0.25) is 0 Å². The van der Waals surface area contributed by atoms with Crippen molar-refractivity contribution in [3.63, 3.8) is 0 Å². The molecule has 16 heavy (non-hydrogen) atoms. The number of esters is 1. The van der Waals surface area contributed by atoms with Crippen LogP contribution in [-0.4, -0.2) is 23.8 Å². The average molecular weight is 222 g/mol. The lowest BCUT2D eigenvalue weighted by molar-refractivity contribution is -0.144. The molecule has 1 aliphatic heterocycles. The molecular weight excluding hydrogens is 204 g/mol. The Morgan fingerprint density at radius 1 is 1.44 bits per heavy atom. The first-order valence-electron chi connectivity index (χ1n) is 6.27. The van der Waals surface area contributed by atoms with Gasteiger partial charge in [0.25, 0.3) is 0 Å². The molecule has 3 rings (SSSR count). The molecule has 1 saturated carbocycles. The van der Waals surface area contributed by atoms with Crippen molar-refractivity contribution in [1.29, 1.82) is 0 Å². The second-order valence-electron chi connectivity index (χ2n) is 5.41. The number of hydrogen-bond acceptors (Lipinski definition) is 3. The van der Waals surface area contributed by atoms with E-state index in [1.807, 2.05) is 0 Å². The van der Waals surface area contributed by atoms with Gasteiger partial charge in [-0.05, 0) is 43.4 Å². The topological polar surface area (TPSA) is 46.5 Å². The van der Waals surface area contributed by atoms with E-state index in [2.05, 4.69) is 12.2 Å². The fourth-order valence-corrected chi connectivity index (χ4v) is 3.50. The summed E-state index contributed by atoms with van der Waals surface area (Å²) < 4.78 is 4.90. The predicted molar refractivity (Wildman–Crippen MR) is 58.5 cm³/mol. The summed E-state index contributed by atoms with van der Waals surface area (Å²) in [4.78, 5) is 11.4. The van der Waals surface area contributed by atoms with Crippen LogP contribution in [0.25, 0.3) is 0 Å². The first-order chi connectivity index (χ1) is 7.74. The lowest BCUT2D eigenvalue weighted by atomic mass is 9.84.